The summed E-state index contributed by atoms with van der Waals surface area (Å²) in [6.07, 6.45) is 0. The van der Waals surface area contributed by atoms with E-state index in [1.807, 2.05) is 72.8 Å². The van der Waals surface area contributed by atoms with Crippen molar-refractivity contribution in [1.82, 2.24) is 15.0 Å². The van der Waals surface area contributed by atoms with E-state index in [1.165, 1.54) is 32.3 Å². The summed E-state index contributed by atoms with van der Waals surface area (Å²) in [7, 11) is 0. The van der Waals surface area contributed by atoms with Gasteiger partial charge in [0.25, 0.3) is 0 Å². The molecule has 0 aliphatic heterocycles. The number of para-hydroxylation sites is 1. The zero-order valence-electron chi connectivity index (χ0n) is 29.9. The number of benzene rings is 9. The number of hydrogen-bond donors (Lipinski definition) is 0. The second-order valence-corrected chi connectivity index (χ2v) is 14.4. The van der Waals surface area contributed by atoms with Crippen molar-refractivity contribution >= 4 is 76.2 Å². The lowest BCUT2D eigenvalue weighted by Gasteiger charge is -2.10. The van der Waals surface area contributed by atoms with Gasteiger partial charge >= 0.3 is 0 Å². The van der Waals surface area contributed by atoms with Gasteiger partial charge in [0.1, 0.15) is 22.3 Å². The lowest BCUT2D eigenvalue weighted by atomic mass is 9.94. The van der Waals surface area contributed by atoms with Gasteiger partial charge in [-0.05, 0) is 92.0 Å². The van der Waals surface area contributed by atoms with Crippen molar-refractivity contribution in [1.29, 1.82) is 0 Å². The zero-order chi connectivity index (χ0) is 36.7. The molecule has 0 saturated carbocycles. The molecule has 12 aromatic rings. The van der Waals surface area contributed by atoms with Crippen LogP contribution >= 0.6 is 0 Å². The number of fused-ring (bicyclic) bond motifs is 11. The lowest BCUT2D eigenvalue weighted by Crippen LogP contribution is -2.00. The minimum Gasteiger partial charge on any atom is -0.456 e. The molecule has 0 spiro atoms. The predicted octanol–water partition coefficient (Wildman–Crippen LogP) is 13.8. The maximum atomic E-state index is 6.49. The van der Waals surface area contributed by atoms with Gasteiger partial charge in [-0.15, -0.1) is 0 Å². The van der Waals surface area contributed by atoms with E-state index in [1.54, 1.807) is 0 Å². The van der Waals surface area contributed by atoms with Crippen LogP contribution in [0.3, 0.4) is 0 Å². The minimum absolute atomic E-state index is 0.579. The molecule has 12 rings (SSSR count). The fraction of sp³-hybridized carbons (Fsp3) is 0. The van der Waals surface area contributed by atoms with E-state index in [0.29, 0.717) is 17.5 Å². The monoisotopic (exact) mass is 715 g/mol. The molecule has 260 valence electrons. The largest absolute Gasteiger partial charge is 0.456 e. The van der Waals surface area contributed by atoms with Crippen molar-refractivity contribution in [3.63, 3.8) is 0 Å². The van der Waals surface area contributed by atoms with Crippen LogP contribution in [-0.4, -0.2) is 15.0 Å². The Hall–Kier alpha value is -7.63. The summed E-state index contributed by atoms with van der Waals surface area (Å²) < 4.78 is 12.6. The highest BCUT2D eigenvalue weighted by Crippen LogP contribution is 2.40. The second-order valence-electron chi connectivity index (χ2n) is 14.4. The van der Waals surface area contributed by atoms with E-state index in [0.717, 1.165) is 71.7 Å². The molecule has 0 radical (unpaired) electrons. The average Bonchev–Trinajstić information content (AvgIpc) is 3.84. The van der Waals surface area contributed by atoms with E-state index in [4.69, 9.17) is 23.8 Å². The Morgan fingerprint density at radius 3 is 1.73 bits per heavy atom. The van der Waals surface area contributed by atoms with Crippen LogP contribution in [0.4, 0.5) is 0 Å². The third-order valence-corrected chi connectivity index (χ3v) is 11.1. The minimum atomic E-state index is 0.579. The standard InChI is InChI=1S/C51H29N3O2/c1-2-10-31(11-3-1)49-52-50(35-21-26-45-42(29-35)40-13-6-7-15-44(40)55-45)54-51(53-49)41-14-8-16-47-48(41)43-28-33(20-25-46(43)56-47)32-18-22-37-34(27-32)19-24-38-36-12-5-4-9-30(36)17-23-39(37)38/h1-29H. The molecule has 5 nitrogen and oxygen atoms in total. The van der Waals surface area contributed by atoms with Crippen LogP contribution in [0.2, 0.25) is 0 Å². The van der Waals surface area contributed by atoms with Gasteiger partial charge in [-0.1, -0.05) is 127 Å². The molecule has 0 bridgehead atoms. The Morgan fingerprint density at radius 2 is 0.857 bits per heavy atom. The van der Waals surface area contributed by atoms with E-state index in [9.17, 15) is 0 Å². The summed E-state index contributed by atoms with van der Waals surface area (Å²) in [5, 5.41) is 11.6. The van der Waals surface area contributed by atoms with Crippen molar-refractivity contribution in [2.24, 2.45) is 0 Å². The van der Waals surface area contributed by atoms with Gasteiger partial charge in [-0.25, -0.2) is 15.0 Å². The molecule has 0 amide bonds. The topological polar surface area (TPSA) is 65.0 Å². The van der Waals surface area contributed by atoms with E-state index in [-0.39, 0.29) is 0 Å². The fourth-order valence-corrected chi connectivity index (χ4v) is 8.41. The summed E-state index contributed by atoms with van der Waals surface area (Å²) in [6.45, 7) is 0. The SMILES string of the molecule is c1ccc(-c2nc(-c3ccc4oc5ccccc5c4c3)nc(-c3cccc4oc5ccc(-c6ccc7c(ccc8c9ccccc9ccc78)c6)cc5c34)n2)cc1. The number of rotatable bonds is 4. The molecule has 0 aliphatic rings. The van der Waals surface area contributed by atoms with Crippen LogP contribution in [0.5, 0.6) is 0 Å². The number of nitrogens with zero attached hydrogens (tertiary/aromatic N) is 3. The molecule has 0 unspecified atom stereocenters. The smallest absolute Gasteiger partial charge is 0.164 e. The van der Waals surface area contributed by atoms with Gasteiger partial charge in [-0.2, -0.15) is 0 Å². The third kappa shape index (κ3) is 4.78. The fourth-order valence-electron chi connectivity index (χ4n) is 8.41. The highest BCUT2D eigenvalue weighted by molar-refractivity contribution is 6.18. The second kappa shape index (κ2) is 11.9. The molecular formula is C51H29N3O2. The van der Waals surface area contributed by atoms with Gasteiger partial charge in [0.2, 0.25) is 0 Å². The Bertz CT molecular complexity index is 3550. The molecular weight excluding hydrogens is 687 g/mol. The maximum Gasteiger partial charge on any atom is 0.164 e. The molecule has 0 N–H and O–H groups in total. The highest BCUT2D eigenvalue weighted by atomic mass is 16.3. The first-order valence-electron chi connectivity index (χ1n) is 18.8. The van der Waals surface area contributed by atoms with Crippen LogP contribution < -0.4 is 0 Å². The Kier molecular flexibility index (Phi) is 6.56. The molecule has 0 fully saturated rings. The first kappa shape index (κ1) is 30.8. The quantitative estimate of drug-likeness (QED) is 0.170. The summed E-state index contributed by atoms with van der Waals surface area (Å²) in [5.41, 5.74) is 8.19. The molecule has 0 saturated heterocycles. The number of furan rings is 2. The molecule has 56 heavy (non-hydrogen) atoms. The summed E-state index contributed by atoms with van der Waals surface area (Å²) in [4.78, 5) is 15.3. The Labute approximate surface area is 320 Å². The predicted molar refractivity (Wildman–Crippen MR) is 229 cm³/mol. The molecule has 0 atom stereocenters. The van der Waals surface area contributed by atoms with Gasteiger partial charge in [0.05, 0.1) is 0 Å². The summed E-state index contributed by atoms with van der Waals surface area (Å²) in [5.74, 6) is 1.77. The molecule has 5 heteroatoms. The van der Waals surface area contributed by atoms with Crippen molar-refractivity contribution < 1.29 is 8.83 Å². The maximum absolute atomic E-state index is 6.49. The van der Waals surface area contributed by atoms with Crippen molar-refractivity contribution in [2.45, 2.75) is 0 Å². The molecule has 0 aliphatic carbocycles. The van der Waals surface area contributed by atoms with Crippen LogP contribution in [-0.2, 0) is 0 Å². The summed E-state index contributed by atoms with van der Waals surface area (Å²) in [6, 6.07) is 61.2. The van der Waals surface area contributed by atoms with Crippen LogP contribution in [0.1, 0.15) is 0 Å². The van der Waals surface area contributed by atoms with E-state index < -0.39 is 0 Å². The van der Waals surface area contributed by atoms with E-state index in [2.05, 4.69) is 103 Å². The summed E-state index contributed by atoms with van der Waals surface area (Å²) >= 11 is 0. The van der Waals surface area contributed by atoms with Crippen LogP contribution in [0, 0.1) is 0 Å². The zero-order valence-corrected chi connectivity index (χ0v) is 29.9. The Morgan fingerprint density at radius 1 is 0.286 bits per heavy atom. The van der Waals surface area contributed by atoms with Crippen LogP contribution in [0.25, 0.3) is 121 Å². The van der Waals surface area contributed by atoms with Gasteiger partial charge in [0, 0.05) is 38.2 Å². The normalized spacial score (nSPS) is 11.9. The van der Waals surface area contributed by atoms with Gasteiger partial charge in [-0.3, -0.25) is 0 Å². The Balaban J connectivity index is 1.02. The van der Waals surface area contributed by atoms with E-state index >= 15 is 0 Å². The molecule has 3 heterocycles. The first-order valence-corrected chi connectivity index (χ1v) is 18.8. The van der Waals surface area contributed by atoms with Crippen molar-refractivity contribution in [3.8, 4) is 45.3 Å². The lowest BCUT2D eigenvalue weighted by molar-refractivity contribution is 0.668. The van der Waals surface area contributed by atoms with Gasteiger partial charge < -0.3 is 8.83 Å². The van der Waals surface area contributed by atoms with Crippen molar-refractivity contribution in [3.05, 3.63) is 176 Å². The first-order chi connectivity index (χ1) is 27.7. The highest BCUT2D eigenvalue weighted by Gasteiger charge is 2.19. The molecule has 3 aromatic heterocycles. The third-order valence-electron chi connectivity index (χ3n) is 11.1. The van der Waals surface area contributed by atoms with Crippen LogP contribution in [0.15, 0.2) is 185 Å². The molecule has 9 aromatic carbocycles. The number of aromatic nitrogens is 3. The number of hydrogen-bond acceptors (Lipinski definition) is 5. The average molecular weight is 716 g/mol. The van der Waals surface area contributed by atoms with Crippen molar-refractivity contribution in [2.75, 3.05) is 0 Å². The van der Waals surface area contributed by atoms with Gasteiger partial charge in [0.15, 0.2) is 17.5 Å².